The molecular weight excluding hydrogens is 299 g/mol. The summed E-state index contributed by atoms with van der Waals surface area (Å²) in [5.41, 5.74) is 6.15. The zero-order valence-electron chi connectivity index (χ0n) is 11.7. The first-order valence-electron chi connectivity index (χ1n) is 6.19. The van der Waals surface area contributed by atoms with Crippen LogP contribution in [0.15, 0.2) is 24.3 Å². The van der Waals surface area contributed by atoms with E-state index in [1.165, 1.54) is 18.2 Å². The van der Waals surface area contributed by atoms with Gasteiger partial charge in [-0.05, 0) is 26.0 Å². The van der Waals surface area contributed by atoms with Gasteiger partial charge in [0.25, 0.3) is 0 Å². The lowest BCUT2D eigenvalue weighted by atomic mass is 10.1. The number of benzene rings is 1. The summed E-state index contributed by atoms with van der Waals surface area (Å²) in [6.07, 6.45) is -4.91. The molecule has 0 amide bonds. The first-order valence-corrected chi connectivity index (χ1v) is 6.19. The fourth-order valence-electron chi connectivity index (χ4n) is 1.78. The zero-order valence-corrected chi connectivity index (χ0v) is 11.7. The third kappa shape index (κ3) is 3.33. The van der Waals surface area contributed by atoms with Gasteiger partial charge in [0, 0.05) is 0 Å². The van der Waals surface area contributed by atoms with Crippen LogP contribution < -0.4 is 10.5 Å². The highest BCUT2D eigenvalue weighted by molar-refractivity contribution is 6.11. The molecule has 0 bridgehead atoms. The Morgan fingerprint density at radius 3 is 2.36 bits per heavy atom. The number of alkyl halides is 3. The van der Waals surface area contributed by atoms with Crippen molar-refractivity contribution in [1.29, 1.82) is 0 Å². The Balaban J connectivity index is 2.49. The van der Waals surface area contributed by atoms with Crippen LogP contribution in [0.3, 0.4) is 0 Å². The Kier molecular flexibility index (Phi) is 4.03. The maximum Gasteiger partial charge on any atom is 0.573 e. The summed E-state index contributed by atoms with van der Waals surface area (Å²) in [5.74, 6) is -1.54. The highest BCUT2D eigenvalue weighted by atomic mass is 19.4. The van der Waals surface area contributed by atoms with E-state index in [9.17, 15) is 18.0 Å². The van der Waals surface area contributed by atoms with Crippen LogP contribution in [0.2, 0.25) is 0 Å². The van der Waals surface area contributed by atoms with E-state index in [0.29, 0.717) is 11.4 Å². The topological polar surface area (TPSA) is 78.1 Å². The first kappa shape index (κ1) is 15.7. The van der Waals surface area contributed by atoms with Crippen molar-refractivity contribution in [2.24, 2.45) is 0 Å². The molecule has 2 rings (SSSR count). The molecule has 0 fully saturated rings. The highest BCUT2D eigenvalue weighted by Gasteiger charge is 2.33. The molecule has 0 aliphatic carbocycles. The number of ketones is 1. The molecule has 2 N–H and O–H groups in total. The highest BCUT2D eigenvalue weighted by Crippen LogP contribution is 2.28. The SMILES string of the molecule is Cc1nc(N)c(C(=O)c2ccccc2OC(F)(F)F)nc1C. The lowest BCUT2D eigenvalue weighted by Gasteiger charge is -2.13. The van der Waals surface area contributed by atoms with Crippen LogP contribution >= 0.6 is 0 Å². The number of aryl methyl sites for hydroxylation is 2. The van der Waals surface area contributed by atoms with Crippen molar-refractivity contribution in [3.05, 3.63) is 46.9 Å². The molecule has 0 unspecified atom stereocenters. The Morgan fingerprint density at radius 1 is 1.14 bits per heavy atom. The summed E-state index contributed by atoms with van der Waals surface area (Å²) in [7, 11) is 0. The number of ether oxygens (including phenoxy) is 1. The van der Waals surface area contributed by atoms with Gasteiger partial charge in [0.05, 0.1) is 17.0 Å². The fraction of sp³-hybridized carbons (Fsp3) is 0.214. The van der Waals surface area contributed by atoms with Gasteiger partial charge in [0.1, 0.15) is 5.75 Å². The van der Waals surface area contributed by atoms with Crippen molar-refractivity contribution < 1.29 is 22.7 Å². The molecule has 5 nitrogen and oxygen atoms in total. The second-order valence-corrected chi connectivity index (χ2v) is 4.50. The van der Waals surface area contributed by atoms with E-state index in [-0.39, 0.29) is 17.1 Å². The summed E-state index contributed by atoms with van der Waals surface area (Å²) in [6.45, 7) is 3.28. The summed E-state index contributed by atoms with van der Waals surface area (Å²) in [5, 5.41) is 0. The second-order valence-electron chi connectivity index (χ2n) is 4.50. The molecular formula is C14H12F3N3O2. The van der Waals surface area contributed by atoms with Gasteiger partial charge in [-0.3, -0.25) is 4.79 Å². The summed E-state index contributed by atoms with van der Waals surface area (Å²) < 4.78 is 41.1. The van der Waals surface area contributed by atoms with Crippen LogP contribution in [0.25, 0.3) is 0 Å². The molecule has 0 atom stereocenters. The molecule has 1 heterocycles. The number of rotatable bonds is 3. The predicted molar refractivity (Wildman–Crippen MR) is 72.5 cm³/mol. The number of hydrogen-bond donors (Lipinski definition) is 1. The largest absolute Gasteiger partial charge is 0.573 e. The van der Waals surface area contributed by atoms with Gasteiger partial charge in [-0.1, -0.05) is 12.1 Å². The van der Waals surface area contributed by atoms with Crippen LogP contribution in [-0.4, -0.2) is 22.1 Å². The van der Waals surface area contributed by atoms with E-state index in [1.54, 1.807) is 13.8 Å². The van der Waals surface area contributed by atoms with Gasteiger partial charge in [-0.15, -0.1) is 13.2 Å². The Bertz CT molecular complexity index is 730. The molecule has 0 aliphatic rings. The van der Waals surface area contributed by atoms with Gasteiger partial charge in [-0.2, -0.15) is 0 Å². The number of halogens is 3. The van der Waals surface area contributed by atoms with Gasteiger partial charge in [0.2, 0.25) is 5.78 Å². The van der Waals surface area contributed by atoms with Crippen LogP contribution in [0.4, 0.5) is 19.0 Å². The summed E-state index contributed by atoms with van der Waals surface area (Å²) in [4.78, 5) is 20.4. The number of carbonyl (C=O) groups is 1. The standard InChI is InChI=1S/C14H12F3N3O2/c1-7-8(2)20-13(18)11(19-7)12(21)9-5-3-4-6-10(9)22-14(15,16)17/h3-6H,1-2H3,(H2,18,20). The van der Waals surface area contributed by atoms with E-state index in [1.807, 2.05) is 0 Å². The molecule has 2 aromatic rings. The molecule has 0 radical (unpaired) electrons. The lowest BCUT2D eigenvalue weighted by molar-refractivity contribution is -0.274. The normalized spacial score (nSPS) is 11.3. The molecule has 0 saturated heterocycles. The fourth-order valence-corrected chi connectivity index (χ4v) is 1.78. The number of anilines is 1. The van der Waals surface area contributed by atoms with Crippen molar-refractivity contribution >= 4 is 11.6 Å². The van der Waals surface area contributed by atoms with Crippen molar-refractivity contribution in [2.75, 3.05) is 5.73 Å². The van der Waals surface area contributed by atoms with Gasteiger partial charge in [-0.25, -0.2) is 9.97 Å². The maximum atomic E-state index is 12.4. The minimum atomic E-state index is -4.91. The zero-order chi connectivity index (χ0) is 16.5. The minimum absolute atomic E-state index is 0.144. The van der Waals surface area contributed by atoms with Crippen molar-refractivity contribution in [2.45, 2.75) is 20.2 Å². The summed E-state index contributed by atoms with van der Waals surface area (Å²) >= 11 is 0. The Labute approximate surface area is 123 Å². The first-order chi connectivity index (χ1) is 10.2. The number of aromatic nitrogens is 2. The van der Waals surface area contributed by atoms with Gasteiger partial charge < -0.3 is 10.5 Å². The molecule has 1 aromatic heterocycles. The Morgan fingerprint density at radius 2 is 1.73 bits per heavy atom. The molecule has 1 aromatic carbocycles. The quantitative estimate of drug-likeness (QED) is 0.882. The second kappa shape index (κ2) is 5.63. The molecule has 22 heavy (non-hydrogen) atoms. The monoisotopic (exact) mass is 311 g/mol. The average Bonchev–Trinajstić information content (AvgIpc) is 2.41. The van der Waals surface area contributed by atoms with Crippen molar-refractivity contribution in [3.63, 3.8) is 0 Å². The van der Waals surface area contributed by atoms with Crippen LogP contribution in [-0.2, 0) is 0 Å². The van der Waals surface area contributed by atoms with E-state index in [4.69, 9.17) is 5.73 Å². The Hall–Kier alpha value is -2.64. The number of hydrogen-bond acceptors (Lipinski definition) is 5. The number of nitrogens with two attached hydrogens (primary N) is 1. The van der Waals surface area contributed by atoms with Crippen LogP contribution in [0.5, 0.6) is 5.75 Å². The maximum absolute atomic E-state index is 12.4. The van der Waals surface area contributed by atoms with E-state index >= 15 is 0 Å². The molecule has 0 spiro atoms. The smallest absolute Gasteiger partial charge is 0.405 e. The van der Waals surface area contributed by atoms with E-state index in [0.717, 1.165) is 6.07 Å². The molecule has 0 saturated carbocycles. The summed E-state index contributed by atoms with van der Waals surface area (Å²) in [6, 6.07) is 5.00. The predicted octanol–water partition coefficient (Wildman–Crippen LogP) is 2.81. The number of carbonyl (C=O) groups excluding carboxylic acids is 1. The van der Waals surface area contributed by atoms with Crippen molar-refractivity contribution in [1.82, 2.24) is 9.97 Å². The number of nitrogen functional groups attached to an aromatic ring is 1. The van der Waals surface area contributed by atoms with Gasteiger partial charge in [0.15, 0.2) is 11.5 Å². The lowest BCUT2D eigenvalue weighted by Crippen LogP contribution is -2.20. The third-order valence-electron chi connectivity index (χ3n) is 2.91. The van der Waals surface area contributed by atoms with Crippen molar-refractivity contribution in [3.8, 4) is 5.75 Å². The average molecular weight is 311 g/mol. The molecule has 116 valence electrons. The van der Waals surface area contributed by atoms with Gasteiger partial charge >= 0.3 is 6.36 Å². The van der Waals surface area contributed by atoms with E-state index < -0.39 is 17.9 Å². The molecule has 0 aliphatic heterocycles. The third-order valence-corrected chi connectivity index (χ3v) is 2.91. The number of nitrogens with zero attached hydrogens (tertiary/aromatic N) is 2. The number of para-hydroxylation sites is 1. The van der Waals surface area contributed by atoms with Crippen LogP contribution in [0.1, 0.15) is 27.4 Å². The molecule has 8 heteroatoms. The van der Waals surface area contributed by atoms with E-state index in [2.05, 4.69) is 14.7 Å². The minimum Gasteiger partial charge on any atom is -0.405 e. The van der Waals surface area contributed by atoms with Crippen LogP contribution in [0, 0.1) is 13.8 Å².